The van der Waals surface area contributed by atoms with Gasteiger partial charge in [0.25, 0.3) is 0 Å². The van der Waals surface area contributed by atoms with Crippen molar-refractivity contribution in [3.05, 3.63) is 0 Å². The molecular weight excluding hydrogens is 300 g/mol. The van der Waals surface area contributed by atoms with E-state index in [1.165, 1.54) is 5.32 Å². The standard InChI is InChI=1S/C9H13F6NO4/c1-7(10,11)9(14,15)20-8(12,13)6(18)16-2-4-19-5-3-17/h17H,2-5H2,1H3,(H,16,18). The number of hydrogen-bond acceptors (Lipinski definition) is 4. The van der Waals surface area contributed by atoms with Gasteiger partial charge in [-0.15, -0.1) is 0 Å². The molecule has 0 aliphatic heterocycles. The Labute approximate surface area is 109 Å². The molecule has 0 atom stereocenters. The molecule has 0 aromatic heterocycles. The number of nitrogens with one attached hydrogen (secondary N) is 1. The summed E-state index contributed by atoms with van der Waals surface area (Å²) in [6, 6.07) is 0. The molecule has 5 nitrogen and oxygen atoms in total. The van der Waals surface area contributed by atoms with Crippen molar-refractivity contribution in [1.82, 2.24) is 5.32 Å². The van der Waals surface area contributed by atoms with Crippen molar-refractivity contribution in [3.8, 4) is 0 Å². The summed E-state index contributed by atoms with van der Waals surface area (Å²) in [5, 5.41) is 9.76. The summed E-state index contributed by atoms with van der Waals surface area (Å²) in [5.74, 6) is -7.20. The molecule has 11 heteroatoms. The van der Waals surface area contributed by atoms with Gasteiger partial charge in [0, 0.05) is 13.5 Å². The molecule has 0 aromatic rings. The van der Waals surface area contributed by atoms with E-state index in [2.05, 4.69) is 9.47 Å². The molecule has 0 fully saturated rings. The number of carbonyl (C=O) groups excluding carboxylic acids is 1. The Kier molecular flexibility index (Phi) is 6.71. The number of ether oxygens (including phenoxy) is 2. The lowest BCUT2D eigenvalue weighted by molar-refractivity contribution is -0.413. The van der Waals surface area contributed by atoms with Crippen LogP contribution in [0, 0.1) is 0 Å². The lowest BCUT2D eigenvalue weighted by Gasteiger charge is -2.26. The van der Waals surface area contributed by atoms with Gasteiger partial charge in [-0.05, 0) is 0 Å². The topological polar surface area (TPSA) is 67.8 Å². The van der Waals surface area contributed by atoms with Gasteiger partial charge < -0.3 is 15.2 Å². The molecule has 20 heavy (non-hydrogen) atoms. The predicted octanol–water partition coefficient (Wildman–Crippen LogP) is 0.969. The molecule has 0 rings (SSSR count). The monoisotopic (exact) mass is 313 g/mol. The number of halogens is 6. The van der Waals surface area contributed by atoms with Crippen LogP contribution in [0.2, 0.25) is 0 Å². The number of carbonyl (C=O) groups is 1. The molecule has 0 saturated heterocycles. The van der Waals surface area contributed by atoms with E-state index in [0.29, 0.717) is 0 Å². The molecule has 0 aliphatic rings. The van der Waals surface area contributed by atoms with Crippen molar-refractivity contribution >= 4 is 5.91 Å². The van der Waals surface area contributed by atoms with E-state index in [9.17, 15) is 31.1 Å². The lowest BCUT2D eigenvalue weighted by atomic mass is 10.3. The quantitative estimate of drug-likeness (QED) is 0.492. The first-order valence-electron chi connectivity index (χ1n) is 5.24. The minimum absolute atomic E-state index is 0.122. The molecule has 1 amide bonds. The number of rotatable bonds is 9. The zero-order valence-corrected chi connectivity index (χ0v) is 10.3. The maximum Gasteiger partial charge on any atom is 0.441 e. The number of alkyl halides is 6. The van der Waals surface area contributed by atoms with Crippen molar-refractivity contribution in [1.29, 1.82) is 0 Å². The number of hydrogen-bond donors (Lipinski definition) is 2. The average Bonchev–Trinajstić information content (AvgIpc) is 2.25. The molecule has 0 aliphatic carbocycles. The summed E-state index contributed by atoms with van der Waals surface area (Å²) in [6.45, 7) is -1.59. The van der Waals surface area contributed by atoms with E-state index in [1.807, 2.05) is 0 Å². The predicted molar refractivity (Wildman–Crippen MR) is 52.5 cm³/mol. The molecule has 0 unspecified atom stereocenters. The highest BCUT2D eigenvalue weighted by atomic mass is 19.3. The molecule has 0 radical (unpaired) electrons. The van der Waals surface area contributed by atoms with Crippen LogP contribution in [-0.2, 0) is 14.3 Å². The van der Waals surface area contributed by atoms with Crippen LogP contribution in [0.25, 0.3) is 0 Å². The smallest absolute Gasteiger partial charge is 0.394 e. The maximum absolute atomic E-state index is 12.9. The summed E-state index contributed by atoms with van der Waals surface area (Å²) < 4.78 is 82.8. The van der Waals surface area contributed by atoms with E-state index in [1.54, 1.807) is 0 Å². The third kappa shape index (κ3) is 5.92. The third-order valence-electron chi connectivity index (χ3n) is 1.80. The molecule has 2 N–H and O–H groups in total. The number of aliphatic hydroxyl groups excluding tert-OH is 1. The second-order valence-corrected chi connectivity index (χ2v) is 3.62. The lowest BCUT2D eigenvalue weighted by Crippen LogP contribution is -2.51. The Bertz CT molecular complexity index is 320. The van der Waals surface area contributed by atoms with Crippen molar-refractivity contribution in [2.24, 2.45) is 0 Å². The summed E-state index contributed by atoms with van der Waals surface area (Å²) >= 11 is 0. The first-order chi connectivity index (χ1) is 8.94. The molecule has 0 aromatic carbocycles. The molecule has 0 saturated carbocycles. The summed E-state index contributed by atoms with van der Waals surface area (Å²) in [4.78, 5) is 10.8. The first-order valence-corrected chi connectivity index (χ1v) is 5.24. The van der Waals surface area contributed by atoms with Gasteiger partial charge in [0.2, 0.25) is 0 Å². The van der Waals surface area contributed by atoms with Crippen LogP contribution >= 0.6 is 0 Å². The van der Waals surface area contributed by atoms with Gasteiger partial charge in [0.15, 0.2) is 0 Å². The molecule has 120 valence electrons. The normalized spacial score (nSPS) is 13.4. The fourth-order valence-electron chi connectivity index (χ4n) is 0.803. The largest absolute Gasteiger partial charge is 0.441 e. The Morgan fingerprint density at radius 1 is 1.15 bits per heavy atom. The number of aliphatic hydroxyl groups is 1. The minimum atomic E-state index is -5.51. The highest BCUT2D eigenvalue weighted by Gasteiger charge is 2.61. The highest BCUT2D eigenvalue weighted by molar-refractivity contribution is 5.81. The van der Waals surface area contributed by atoms with Crippen molar-refractivity contribution < 1.29 is 45.7 Å². The summed E-state index contributed by atoms with van der Waals surface area (Å²) in [6.07, 6.45) is -10.7. The van der Waals surface area contributed by atoms with Crippen molar-refractivity contribution in [3.63, 3.8) is 0 Å². The van der Waals surface area contributed by atoms with Gasteiger partial charge in [-0.25, -0.2) is 4.74 Å². The SMILES string of the molecule is CC(F)(F)C(F)(F)OC(F)(F)C(=O)NCCOCCO. The Balaban J connectivity index is 4.38. The zero-order valence-electron chi connectivity index (χ0n) is 10.3. The van der Waals surface area contributed by atoms with E-state index in [0.717, 1.165) is 0 Å². The fraction of sp³-hybridized carbons (Fsp3) is 0.889. The van der Waals surface area contributed by atoms with E-state index in [4.69, 9.17) is 5.11 Å². The molecule has 0 heterocycles. The highest BCUT2D eigenvalue weighted by Crippen LogP contribution is 2.38. The maximum atomic E-state index is 12.9. The van der Waals surface area contributed by atoms with Crippen molar-refractivity contribution in [2.45, 2.75) is 25.1 Å². The second kappa shape index (κ2) is 7.09. The van der Waals surface area contributed by atoms with Gasteiger partial charge in [-0.1, -0.05) is 0 Å². The van der Waals surface area contributed by atoms with Gasteiger partial charge in [0.05, 0.1) is 19.8 Å². The van der Waals surface area contributed by atoms with Crippen LogP contribution in [0.5, 0.6) is 0 Å². The van der Waals surface area contributed by atoms with Crippen LogP contribution in [-0.4, -0.2) is 55.5 Å². The van der Waals surface area contributed by atoms with Gasteiger partial charge in [-0.2, -0.15) is 26.3 Å². The van der Waals surface area contributed by atoms with Gasteiger partial charge in [0.1, 0.15) is 0 Å². The van der Waals surface area contributed by atoms with Crippen LogP contribution in [0.1, 0.15) is 6.92 Å². The van der Waals surface area contributed by atoms with Crippen LogP contribution in [0.15, 0.2) is 0 Å². The molecule has 0 spiro atoms. The third-order valence-corrected chi connectivity index (χ3v) is 1.80. The molecule has 0 bridgehead atoms. The average molecular weight is 313 g/mol. The van der Waals surface area contributed by atoms with Crippen LogP contribution in [0.4, 0.5) is 26.3 Å². The van der Waals surface area contributed by atoms with Crippen molar-refractivity contribution in [2.75, 3.05) is 26.4 Å². The van der Waals surface area contributed by atoms with E-state index in [-0.39, 0.29) is 26.7 Å². The summed E-state index contributed by atoms with van der Waals surface area (Å²) in [5.41, 5.74) is 0. The Morgan fingerprint density at radius 3 is 2.15 bits per heavy atom. The second-order valence-electron chi connectivity index (χ2n) is 3.62. The van der Waals surface area contributed by atoms with E-state index < -0.39 is 30.6 Å². The zero-order chi connectivity index (χ0) is 16.0. The Morgan fingerprint density at radius 2 is 1.70 bits per heavy atom. The Hall–Kier alpha value is -1.07. The van der Waals surface area contributed by atoms with Gasteiger partial charge >= 0.3 is 24.0 Å². The van der Waals surface area contributed by atoms with E-state index >= 15 is 0 Å². The first kappa shape index (κ1) is 18.9. The fourth-order valence-corrected chi connectivity index (χ4v) is 0.803. The summed E-state index contributed by atoms with van der Waals surface area (Å²) in [7, 11) is 0. The number of amides is 1. The minimum Gasteiger partial charge on any atom is -0.394 e. The van der Waals surface area contributed by atoms with Gasteiger partial charge in [-0.3, -0.25) is 4.79 Å². The van der Waals surface area contributed by atoms with Crippen LogP contribution in [0.3, 0.4) is 0 Å². The van der Waals surface area contributed by atoms with Crippen LogP contribution < -0.4 is 5.32 Å². The molecular formula is C9H13F6NO4.